The lowest BCUT2D eigenvalue weighted by Gasteiger charge is -2.39. The number of fused-ring (bicyclic) bond motifs is 15. The van der Waals surface area contributed by atoms with Crippen molar-refractivity contribution in [1.29, 1.82) is 5.26 Å². The molecule has 0 unspecified atom stereocenters. The van der Waals surface area contributed by atoms with Gasteiger partial charge in [-0.2, -0.15) is 5.26 Å². The van der Waals surface area contributed by atoms with E-state index in [1.807, 2.05) is 48.8 Å². The summed E-state index contributed by atoms with van der Waals surface area (Å²) in [4.78, 5) is 9.79. The van der Waals surface area contributed by atoms with Gasteiger partial charge in [0.15, 0.2) is 0 Å². The average molecular weight is 690 g/mol. The van der Waals surface area contributed by atoms with Crippen LogP contribution >= 0.6 is 0 Å². The molecule has 250 valence electrons. The van der Waals surface area contributed by atoms with E-state index in [1.165, 1.54) is 10.8 Å². The van der Waals surface area contributed by atoms with Gasteiger partial charge in [-0.25, -0.2) is 0 Å². The largest absolute Gasteiger partial charge is 0.457 e. The van der Waals surface area contributed by atoms with Crippen molar-refractivity contribution < 1.29 is 4.74 Å². The first-order chi connectivity index (χ1) is 26.7. The average Bonchev–Trinajstić information content (AvgIpc) is 3.85. The second-order valence-electron chi connectivity index (χ2n) is 14.1. The molecule has 6 aromatic carbocycles. The van der Waals surface area contributed by atoms with Crippen LogP contribution in [0, 0.1) is 11.3 Å². The van der Waals surface area contributed by atoms with E-state index < -0.39 is 5.41 Å². The summed E-state index contributed by atoms with van der Waals surface area (Å²) < 4.78 is 11.4. The zero-order valence-corrected chi connectivity index (χ0v) is 28.7. The summed E-state index contributed by atoms with van der Waals surface area (Å²) in [5, 5.41) is 14.6. The van der Waals surface area contributed by atoms with Crippen molar-refractivity contribution in [1.82, 2.24) is 19.1 Å². The summed E-state index contributed by atoms with van der Waals surface area (Å²) in [6.07, 6.45) is 3.69. The molecule has 0 saturated carbocycles. The highest BCUT2D eigenvalue weighted by Crippen LogP contribution is 2.61. The Morgan fingerprint density at radius 1 is 0.463 bits per heavy atom. The SMILES string of the molecule is N#Cc1ccc2c(c1)c1cc(-n3c4ccccc4c4ccccc43)ccc1n2-c1ccc2c(c1)C1(c3ccccc3O2)c2cccnc2-c2ncccc21. The van der Waals surface area contributed by atoms with E-state index in [0.29, 0.717) is 5.56 Å². The lowest BCUT2D eigenvalue weighted by molar-refractivity contribution is 0.436. The van der Waals surface area contributed by atoms with E-state index in [9.17, 15) is 5.26 Å². The van der Waals surface area contributed by atoms with Gasteiger partial charge in [0.25, 0.3) is 0 Å². The van der Waals surface area contributed by atoms with Gasteiger partial charge in [-0.15, -0.1) is 0 Å². The number of pyridine rings is 2. The van der Waals surface area contributed by atoms with Gasteiger partial charge in [0.05, 0.1) is 50.5 Å². The zero-order chi connectivity index (χ0) is 35.5. The molecule has 2 aliphatic rings. The van der Waals surface area contributed by atoms with Crippen molar-refractivity contribution in [2.45, 2.75) is 5.41 Å². The number of rotatable bonds is 2. The van der Waals surface area contributed by atoms with Crippen molar-refractivity contribution in [3.63, 3.8) is 0 Å². The van der Waals surface area contributed by atoms with Crippen LogP contribution in [0.4, 0.5) is 0 Å². The van der Waals surface area contributed by atoms with E-state index in [1.54, 1.807) is 0 Å². The Balaban J connectivity index is 1.15. The fourth-order valence-electron chi connectivity index (χ4n) is 9.39. The van der Waals surface area contributed by atoms with Gasteiger partial charge in [-0.05, 0) is 96.1 Å². The number of benzene rings is 6. The number of aromatic nitrogens is 4. The highest BCUT2D eigenvalue weighted by atomic mass is 16.5. The summed E-state index contributed by atoms with van der Waals surface area (Å²) in [6.45, 7) is 0. The Kier molecular flexibility index (Phi) is 5.68. The van der Waals surface area contributed by atoms with Gasteiger partial charge in [-0.1, -0.05) is 66.7 Å². The summed E-state index contributed by atoms with van der Waals surface area (Å²) in [5.41, 5.74) is 12.4. The molecular weight excluding hydrogens is 663 g/mol. The number of ether oxygens (including phenoxy) is 1. The van der Waals surface area contributed by atoms with E-state index >= 15 is 0 Å². The molecule has 0 bridgehead atoms. The maximum Gasteiger partial charge on any atom is 0.132 e. The van der Waals surface area contributed by atoms with Gasteiger partial charge in [0.1, 0.15) is 11.5 Å². The van der Waals surface area contributed by atoms with Crippen LogP contribution in [0.25, 0.3) is 66.4 Å². The predicted molar refractivity (Wildman–Crippen MR) is 213 cm³/mol. The highest BCUT2D eigenvalue weighted by molar-refractivity contribution is 6.12. The van der Waals surface area contributed by atoms with Crippen molar-refractivity contribution in [2.24, 2.45) is 0 Å². The molecule has 4 aromatic heterocycles. The van der Waals surface area contributed by atoms with Crippen LogP contribution < -0.4 is 4.74 Å². The van der Waals surface area contributed by atoms with Crippen molar-refractivity contribution >= 4 is 43.6 Å². The number of para-hydroxylation sites is 3. The first kappa shape index (κ1) is 29.1. The molecule has 12 rings (SSSR count). The lowest BCUT2D eigenvalue weighted by atomic mass is 9.66. The molecule has 1 spiro atoms. The van der Waals surface area contributed by atoms with E-state index in [2.05, 4.69) is 130 Å². The normalized spacial score (nSPS) is 13.5. The molecule has 0 fully saturated rings. The van der Waals surface area contributed by atoms with Crippen LogP contribution in [0.1, 0.15) is 27.8 Å². The fourth-order valence-corrected chi connectivity index (χ4v) is 9.39. The smallest absolute Gasteiger partial charge is 0.132 e. The first-order valence-electron chi connectivity index (χ1n) is 18.0. The molecule has 0 N–H and O–H groups in total. The monoisotopic (exact) mass is 689 g/mol. The second-order valence-corrected chi connectivity index (χ2v) is 14.1. The molecule has 0 saturated heterocycles. The molecule has 1 aliphatic heterocycles. The third kappa shape index (κ3) is 3.62. The van der Waals surface area contributed by atoms with Crippen LogP contribution in [-0.2, 0) is 5.41 Å². The van der Waals surface area contributed by atoms with Crippen molar-refractivity contribution in [2.75, 3.05) is 0 Å². The number of nitriles is 1. The second kappa shape index (κ2) is 10.5. The van der Waals surface area contributed by atoms with Crippen molar-refractivity contribution in [3.8, 4) is 40.3 Å². The first-order valence-corrected chi connectivity index (χ1v) is 18.0. The lowest BCUT2D eigenvalue weighted by Crippen LogP contribution is -2.32. The minimum atomic E-state index is -0.691. The molecule has 0 amide bonds. The summed E-state index contributed by atoms with van der Waals surface area (Å²) >= 11 is 0. The maximum absolute atomic E-state index is 10.0. The number of hydrogen-bond donors (Lipinski definition) is 0. The molecule has 10 aromatic rings. The van der Waals surface area contributed by atoms with Crippen LogP contribution in [-0.4, -0.2) is 19.1 Å². The van der Waals surface area contributed by atoms with Gasteiger partial charge < -0.3 is 13.9 Å². The third-order valence-electron chi connectivity index (χ3n) is 11.5. The van der Waals surface area contributed by atoms with Gasteiger partial charge in [-0.3, -0.25) is 9.97 Å². The molecule has 0 atom stereocenters. The third-order valence-corrected chi connectivity index (χ3v) is 11.5. The Morgan fingerprint density at radius 3 is 1.70 bits per heavy atom. The van der Waals surface area contributed by atoms with Crippen LogP contribution in [0.2, 0.25) is 0 Å². The van der Waals surface area contributed by atoms with Crippen molar-refractivity contribution in [3.05, 3.63) is 192 Å². The molecule has 0 radical (unpaired) electrons. The minimum Gasteiger partial charge on any atom is -0.457 e. The fraction of sp³-hybridized carbons (Fsp3) is 0.0208. The Hall–Kier alpha value is -7.49. The van der Waals surface area contributed by atoms with E-state index in [4.69, 9.17) is 14.7 Å². The van der Waals surface area contributed by atoms with E-state index in [-0.39, 0.29) is 0 Å². The summed E-state index contributed by atoms with van der Waals surface area (Å²) in [7, 11) is 0. The Labute approximate surface area is 309 Å². The van der Waals surface area contributed by atoms with Crippen LogP contribution in [0.15, 0.2) is 164 Å². The van der Waals surface area contributed by atoms with Crippen LogP contribution in [0.3, 0.4) is 0 Å². The van der Waals surface area contributed by atoms with E-state index in [0.717, 1.165) is 89.4 Å². The van der Waals surface area contributed by atoms with Crippen LogP contribution in [0.5, 0.6) is 11.5 Å². The minimum absolute atomic E-state index is 0.623. The standard InChI is InChI=1S/C48H27N5O/c49-28-29-17-20-42-34(25-29)35-26-30(52-40-14-4-1-9-32(40)33-10-2-5-15-41(33)52)18-21-43(35)53(42)31-19-22-45-39(27-31)48(36-11-3-6-16-44(36)54-45)37-12-7-23-50-46(37)47-38(48)13-8-24-51-47/h1-27H. The number of nitrogens with zero attached hydrogens (tertiary/aromatic N) is 5. The Bertz CT molecular complexity index is 3190. The van der Waals surface area contributed by atoms with Gasteiger partial charge >= 0.3 is 0 Å². The van der Waals surface area contributed by atoms with Gasteiger partial charge in [0, 0.05) is 56.4 Å². The molecule has 5 heterocycles. The molecule has 1 aliphatic carbocycles. The topological polar surface area (TPSA) is 68.7 Å². The molecule has 6 heteroatoms. The maximum atomic E-state index is 10.0. The summed E-state index contributed by atoms with van der Waals surface area (Å²) in [5.74, 6) is 1.62. The molecule has 6 nitrogen and oxygen atoms in total. The quantitative estimate of drug-likeness (QED) is 0.181. The van der Waals surface area contributed by atoms with Gasteiger partial charge in [0.2, 0.25) is 0 Å². The number of hydrogen-bond acceptors (Lipinski definition) is 4. The summed E-state index contributed by atoms with van der Waals surface area (Å²) in [6, 6.07) is 55.5. The predicted octanol–water partition coefficient (Wildman–Crippen LogP) is 11.0. The Morgan fingerprint density at radius 2 is 1.00 bits per heavy atom. The molecule has 54 heavy (non-hydrogen) atoms. The zero-order valence-electron chi connectivity index (χ0n) is 28.7. The highest BCUT2D eigenvalue weighted by Gasteiger charge is 2.52. The molecular formula is C48H27N5O.